The fourth-order valence-electron chi connectivity index (χ4n) is 3.62. The Hall–Kier alpha value is -2.57. The van der Waals surface area contributed by atoms with Crippen LogP contribution in [0, 0.1) is 0 Å². The maximum Gasteiger partial charge on any atom is 0.315 e. The third-order valence-electron chi connectivity index (χ3n) is 5.09. The zero-order valence-electron chi connectivity index (χ0n) is 15.6. The first-order valence-electron chi connectivity index (χ1n) is 9.87. The van der Waals surface area contributed by atoms with E-state index >= 15 is 0 Å². The molecular formula is C20H28N4O3. The Kier molecular flexibility index (Phi) is 6.68. The summed E-state index contributed by atoms with van der Waals surface area (Å²) in [5.41, 5.74) is 2.59. The van der Waals surface area contributed by atoms with Gasteiger partial charge in [-0.05, 0) is 49.4 Å². The second kappa shape index (κ2) is 9.39. The standard InChI is InChI=1S/C20H28N4O3/c25-18(7-4-12-21-20(27)23-15-5-2-1-3-6-15)22-16-9-10-17-14(13-16)8-11-19(26)24-17/h9-10,13,15H,1-8,11-12H2,(H,22,25)(H,24,26)(H2,21,23,27). The summed E-state index contributed by atoms with van der Waals surface area (Å²) in [5.74, 6) is -0.0522. The maximum absolute atomic E-state index is 12.1. The van der Waals surface area contributed by atoms with Crippen molar-refractivity contribution in [3.8, 4) is 0 Å². The van der Waals surface area contributed by atoms with Gasteiger partial charge in [-0.1, -0.05) is 19.3 Å². The molecule has 0 unspecified atom stereocenters. The third kappa shape index (κ3) is 5.98. The van der Waals surface area contributed by atoms with Gasteiger partial charge in [0.25, 0.3) is 0 Å². The van der Waals surface area contributed by atoms with Gasteiger partial charge in [0.1, 0.15) is 0 Å². The lowest BCUT2D eigenvalue weighted by Gasteiger charge is -2.22. The van der Waals surface area contributed by atoms with Crippen molar-refractivity contribution in [1.29, 1.82) is 0 Å². The number of benzene rings is 1. The summed E-state index contributed by atoms with van der Waals surface area (Å²) in [5, 5.41) is 11.5. The molecule has 0 spiro atoms. The number of carbonyl (C=O) groups is 3. The predicted molar refractivity (Wildman–Crippen MR) is 105 cm³/mol. The first kappa shape index (κ1) is 19.2. The molecule has 1 aromatic carbocycles. The molecule has 0 saturated heterocycles. The van der Waals surface area contributed by atoms with Gasteiger partial charge in [-0.25, -0.2) is 4.79 Å². The topological polar surface area (TPSA) is 99.3 Å². The van der Waals surface area contributed by atoms with Crippen molar-refractivity contribution in [3.05, 3.63) is 23.8 Å². The number of aryl methyl sites for hydroxylation is 1. The minimum absolute atomic E-state index is 0.0271. The fourth-order valence-corrected chi connectivity index (χ4v) is 3.62. The van der Waals surface area contributed by atoms with Gasteiger partial charge in [-0.3, -0.25) is 9.59 Å². The molecule has 7 heteroatoms. The van der Waals surface area contributed by atoms with E-state index in [0.29, 0.717) is 32.2 Å². The highest BCUT2D eigenvalue weighted by Gasteiger charge is 2.16. The summed E-state index contributed by atoms with van der Waals surface area (Å²) in [6, 6.07) is 5.66. The number of rotatable bonds is 6. The number of amides is 4. The van der Waals surface area contributed by atoms with Crippen molar-refractivity contribution in [2.24, 2.45) is 0 Å². The van der Waals surface area contributed by atoms with Gasteiger partial charge in [0, 0.05) is 36.8 Å². The minimum Gasteiger partial charge on any atom is -0.338 e. The number of hydrogen-bond acceptors (Lipinski definition) is 3. The zero-order chi connectivity index (χ0) is 19.1. The molecular weight excluding hydrogens is 344 g/mol. The highest BCUT2D eigenvalue weighted by molar-refractivity contribution is 5.95. The van der Waals surface area contributed by atoms with Gasteiger partial charge in [0.05, 0.1) is 0 Å². The summed E-state index contributed by atoms with van der Waals surface area (Å²) in [6.45, 7) is 0.474. The molecule has 0 bridgehead atoms. The van der Waals surface area contributed by atoms with Crippen LogP contribution in [0.15, 0.2) is 18.2 Å². The Bertz CT molecular complexity index is 698. The highest BCUT2D eigenvalue weighted by Crippen LogP contribution is 2.25. The number of urea groups is 1. The molecule has 7 nitrogen and oxygen atoms in total. The molecule has 0 atom stereocenters. The Balaban J connectivity index is 1.34. The number of fused-ring (bicyclic) bond motifs is 1. The molecule has 1 aliphatic heterocycles. The molecule has 2 aliphatic rings. The van der Waals surface area contributed by atoms with Gasteiger partial charge >= 0.3 is 6.03 Å². The lowest BCUT2D eigenvalue weighted by atomic mass is 9.96. The first-order valence-corrected chi connectivity index (χ1v) is 9.87. The van der Waals surface area contributed by atoms with Crippen LogP contribution in [0.3, 0.4) is 0 Å². The van der Waals surface area contributed by atoms with Crippen molar-refractivity contribution in [2.45, 2.75) is 63.8 Å². The van der Waals surface area contributed by atoms with Crippen LogP contribution in [0.1, 0.15) is 56.9 Å². The van der Waals surface area contributed by atoms with Gasteiger partial charge < -0.3 is 21.3 Å². The molecule has 1 aromatic rings. The smallest absolute Gasteiger partial charge is 0.315 e. The van der Waals surface area contributed by atoms with Gasteiger partial charge in [0.2, 0.25) is 11.8 Å². The van der Waals surface area contributed by atoms with Crippen LogP contribution in [0.4, 0.5) is 16.2 Å². The SMILES string of the molecule is O=C(CCCNC(=O)NC1CCCCC1)Nc1ccc2c(c1)CCC(=O)N2. The van der Waals surface area contributed by atoms with Crippen molar-refractivity contribution in [2.75, 3.05) is 17.2 Å². The molecule has 3 rings (SSSR count). The summed E-state index contributed by atoms with van der Waals surface area (Å²) >= 11 is 0. The Morgan fingerprint density at radius 1 is 1.11 bits per heavy atom. The lowest BCUT2D eigenvalue weighted by molar-refractivity contribution is -0.117. The van der Waals surface area contributed by atoms with Crippen LogP contribution in [-0.2, 0) is 16.0 Å². The normalized spacial score (nSPS) is 16.8. The van der Waals surface area contributed by atoms with Crippen LogP contribution in [-0.4, -0.2) is 30.4 Å². The van der Waals surface area contributed by atoms with E-state index in [4.69, 9.17) is 0 Å². The number of nitrogens with one attached hydrogen (secondary N) is 4. The average Bonchev–Trinajstić information content (AvgIpc) is 2.66. The van der Waals surface area contributed by atoms with E-state index in [1.807, 2.05) is 12.1 Å². The average molecular weight is 372 g/mol. The van der Waals surface area contributed by atoms with Gasteiger partial charge in [0.15, 0.2) is 0 Å². The number of carbonyl (C=O) groups excluding carboxylic acids is 3. The predicted octanol–water partition coefficient (Wildman–Crippen LogP) is 2.92. The second-order valence-corrected chi connectivity index (χ2v) is 7.31. The molecule has 1 heterocycles. The van der Waals surface area contributed by atoms with E-state index in [-0.39, 0.29) is 23.9 Å². The summed E-state index contributed by atoms with van der Waals surface area (Å²) in [6.07, 6.45) is 7.82. The molecule has 1 aliphatic carbocycles. The lowest BCUT2D eigenvalue weighted by Crippen LogP contribution is -2.43. The second-order valence-electron chi connectivity index (χ2n) is 7.31. The quantitative estimate of drug-likeness (QED) is 0.578. The van der Waals surface area contributed by atoms with Crippen LogP contribution in [0.25, 0.3) is 0 Å². The molecule has 1 saturated carbocycles. The maximum atomic E-state index is 12.1. The fraction of sp³-hybridized carbons (Fsp3) is 0.550. The van der Waals surface area contributed by atoms with Crippen molar-refractivity contribution in [3.63, 3.8) is 0 Å². The number of anilines is 2. The van der Waals surface area contributed by atoms with Gasteiger partial charge in [-0.2, -0.15) is 0 Å². The van der Waals surface area contributed by atoms with Crippen LogP contribution in [0.5, 0.6) is 0 Å². The molecule has 4 N–H and O–H groups in total. The van der Waals surface area contributed by atoms with Crippen LogP contribution >= 0.6 is 0 Å². The van der Waals surface area contributed by atoms with Crippen LogP contribution < -0.4 is 21.3 Å². The molecule has 0 radical (unpaired) electrons. The van der Waals surface area contributed by atoms with E-state index in [9.17, 15) is 14.4 Å². The number of hydrogen-bond donors (Lipinski definition) is 4. The zero-order valence-corrected chi connectivity index (χ0v) is 15.6. The molecule has 4 amide bonds. The van der Waals surface area contributed by atoms with E-state index in [1.165, 1.54) is 19.3 Å². The van der Waals surface area contributed by atoms with Crippen molar-refractivity contribution < 1.29 is 14.4 Å². The summed E-state index contributed by atoms with van der Waals surface area (Å²) < 4.78 is 0. The molecule has 27 heavy (non-hydrogen) atoms. The molecule has 146 valence electrons. The molecule has 1 fully saturated rings. The molecule has 0 aromatic heterocycles. The van der Waals surface area contributed by atoms with E-state index < -0.39 is 0 Å². The first-order chi connectivity index (χ1) is 13.1. The Morgan fingerprint density at radius 2 is 1.93 bits per heavy atom. The van der Waals surface area contributed by atoms with E-state index in [0.717, 1.165) is 29.8 Å². The van der Waals surface area contributed by atoms with E-state index in [1.54, 1.807) is 6.07 Å². The van der Waals surface area contributed by atoms with Gasteiger partial charge in [-0.15, -0.1) is 0 Å². The van der Waals surface area contributed by atoms with Crippen LogP contribution in [0.2, 0.25) is 0 Å². The minimum atomic E-state index is -0.140. The highest BCUT2D eigenvalue weighted by atomic mass is 16.2. The Labute approximate surface area is 159 Å². The third-order valence-corrected chi connectivity index (χ3v) is 5.09. The van der Waals surface area contributed by atoms with Crippen molar-refractivity contribution in [1.82, 2.24) is 10.6 Å². The summed E-state index contributed by atoms with van der Waals surface area (Å²) in [7, 11) is 0. The monoisotopic (exact) mass is 372 g/mol. The summed E-state index contributed by atoms with van der Waals surface area (Å²) in [4.78, 5) is 35.3. The largest absolute Gasteiger partial charge is 0.338 e. The Morgan fingerprint density at radius 3 is 2.74 bits per heavy atom. The van der Waals surface area contributed by atoms with Crippen molar-refractivity contribution >= 4 is 29.2 Å². The van der Waals surface area contributed by atoms with E-state index in [2.05, 4.69) is 21.3 Å².